The number of methoxy groups -OCH3 is 2. The topological polar surface area (TPSA) is 91.8 Å². The third kappa shape index (κ3) is 4.77. The monoisotopic (exact) mass is 393 g/mol. The molecule has 7 heteroatoms. The molecule has 0 radical (unpaired) electrons. The van der Waals surface area contributed by atoms with Gasteiger partial charge in [0.1, 0.15) is 17.3 Å². The highest BCUT2D eigenvalue weighted by atomic mass is 16.6. The molecule has 0 amide bonds. The van der Waals surface area contributed by atoms with Gasteiger partial charge in [0.25, 0.3) is 5.69 Å². The quantitative estimate of drug-likeness (QED) is 0.234. The third-order valence-corrected chi connectivity index (χ3v) is 4.25. The molecule has 3 rings (SSSR count). The average Bonchev–Trinajstić information content (AvgIpc) is 3.21. The maximum absolute atomic E-state index is 12.5. The van der Waals surface area contributed by atoms with Gasteiger partial charge in [-0.2, -0.15) is 0 Å². The first-order chi connectivity index (χ1) is 14.0. The van der Waals surface area contributed by atoms with E-state index in [1.165, 1.54) is 18.2 Å². The summed E-state index contributed by atoms with van der Waals surface area (Å²) in [5.41, 5.74) is 2.02. The molecule has 148 valence electrons. The van der Waals surface area contributed by atoms with Gasteiger partial charge in [0.15, 0.2) is 5.78 Å². The van der Waals surface area contributed by atoms with Crippen LogP contribution in [-0.4, -0.2) is 24.9 Å². The van der Waals surface area contributed by atoms with Gasteiger partial charge in [0.2, 0.25) is 0 Å². The van der Waals surface area contributed by atoms with Crippen molar-refractivity contribution in [1.82, 2.24) is 0 Å². The Labute approximate surface area is 167 Å². The lowest BCUT2D eigenvalue weighted by molar-refractivity contribution is -0.384. The van der Waals surface area contributed by atoms with Crippen molar-refractivity contribution in [2.75, 3.05) is 14.2 Å². The number of carbonyl (C=O) groups excluding carboxylic acids is 1. The maximum Gasteiger partial charge on any atom is 0.269 e. The predicted molar refractivity (Wildman–Crippen MR) is 108 cm³/mol. The predicted octanol–water partition coefficient (Wildman–Crippen LogP) is 4.91. The molecule has 0 saturated heterocycles. The Kier molecular flexibility index (Phi) is 6.21. The number of nitro groups is 1. The highest BCUT2D eigenvalue weighted by molar-refractivity contribution is 6.06. The second-order valence-electron chi connectivity index (χ2n) is 6.16. The Hall–Kier alpha value is -3.71. The largest absolute Gasteiger partial charge is 0.496 e. The number of ether oxygens (including phenoxy) is 2. The van der Waals surface area contributed by atoms with E-state index in [0.29, 0.717) is 35.0 Å². The van der Waals surface area contributed by atoms with Crippen molar-refractivity contribution in [3.63, 3.8) is 0 Å². The first-order valence-corrected chi connectivity index (χ1v) is 8.74. The van der Waals surface area contributed by atoms with Crippen molar-refractivity contribution >= 4 is 17.5 Å². The highest BCUT2D eigenvalue weighted by Crippen LogP contribution is 2.25. The number of carbonyl (C=O) groups is 1. The number of benzene rings is 2. The van der Waals surface area contributed by atoms with Crippen molar-refractivity contribution in [2.24, 2.45) is 0 Å². The molecule has 0 fully saturated rings. The van der Waals surface area contributed by atoms with Crippen LogP contribution < -0.4 is 4.74 Å². The standard InChI is InChI=1S/C22H19NO6/c1-27-14-17-13-16(5-11-21(17)28-2)20(24)10-8-19-9-12-22(29-19)15-3-6-18(7-4-15)23(25)26/h3-13H,14H2,1-2H3/b10-8+. The normalized spacial score (nSPS) is 11.0. The van der Waals surface area contributed by atoms with Crippen molar-refractivity contribution in [1.29, 1.82) is 0 Å². The van der Waals surface area contributed by atoms with Crippen molar-refractivity contribution in [2.45, 2.75) is 6.61 Å². The van der Waals surface area contributed by atoms with E-state index in [9.17, 15) is 14.9 Å². The molecule has 1 heterocycles. The zero-order chi connectivity index (χ0) is 20.8. The highest BCUT2D eigenvalue weighted by Gasteiger charge is 2.10. The molecule has 0 saturated carbocycles. The molecule has 0 unspecified atom stereocenters. The van der Waals surface area contributed by atoms with Gasteiger partial charge in [-0.25, -0.2) is 0 Å². The lowest BCUT2D eigenvalue weighted by Crippen LogP contribution is -1.99. The van der Waals surface area contributed by atoms with Crippen LogP contribution in [0.5, 0.6) is 5.75 Å². The van der Waals surface area contributed by atoms with E-state index in [1.807, 2.05) is 0 Å². The zero-order valence-corrected chi connectivity index (χ0v) is 16.0. The number of furan rings is 1. The number of hydrogen-bond donors (Lipinski definition) is 0. The summed E-state index contributed by atoms with van der Waals surface area (Å²) in [6, 6.07) is 14.7. The summed E-state index contributed by atoms with van der Waals surface area (Å²) in [4.78, 5) is 22.8. The Morgan fingerprint density at radius 3 is 2.52 bits per heavy atom. The van der Waals surface area contributed by atoms with Gasteiger partial charge in [0.05, 0.1) is 18.6 Å². The van der Waals surface area contributed by atoms with Crippen LogP contribution in [0.2, 0.25) is 0 Å². The van der Waals surface area contributed by atoms with E-state index >= 15 is 0 Å². The van der Waals surface area contributed by atoms with E-state index in [4.69, 9.17) is 13.9 Å². The maximum atomic E-state index is 12.5. The number of nitro benzene ring substituents is 1. The van der Waals surface area contributed by atoms with Gasteiger partial charge in [-0.05, 0) is 54.6 Å². The summed E-state index contributed by atoms with van der Waals surface area (Å²) < 4.78 is 16.1. The van der Waals surface area contributed by atoms with Gasteiger partial charge >= 0.3 is 0 Å². The minimum Gasteiger partial charge on any atom is -0.496 e. The van der Waals surface area contributed by atoms with Gasteiger partial charge in [-0.3, -0.25) is 14.9 Å². The molecule has 0 N–H and O–H groups in total. The van der Waals surface area contributed by atoms with E-state index in [-0.39, 0.29) is 11.5 Å². The molecule has 0 aliphatic heterocycles. The first kappa shape index (κ1) is 20.0. The summed E-state index contributed by atoms with van der Waals surface area (Å²) in [5.74, 6) is 1.53. The van der Waals surface area contributed by atoms with Crippen LogP contribution in [0, 0.1) is 10.1 Å². The Bertz CT molecular complexity index is 1050. The molecule has 29 heavy (non-hydrogen) atoms. The number of non-ortho nitro benzene ring substituents is 1. The van der Waals surface area contributed by atoms with Gasteiger partial charge in [-0.1, -0.05) is 0 Å². The molecule has 0 spiro atoms. The van der Waals surface area contributed by atoms with Crippen molar-refractivity contribution in [3.05, 3.63) is 87.7 Å². The molecule has 0 bridgehead atoms. The number of rotatable bonds is 8. The smallest absolute Gasteiger partial charge is 0.269 e. The summed E-state index contributed by atoms with van der Waals surface area (Å²) in [6.45, 7) is 0.338. The summed E-state index contributed by atoms with van der Waals surface area (Å²) >= 11 is 0. The summed E-state index contributed by atoms with van der Waals surface area (Å²) in [5, 5.41) is 10.7. The molecular weight excluding hydrogens is 374 g/mol. The fraction of sp³-hybridized carbons (Fsp3) is 0.136. The molecule has 7 nitrogen and oxygen atoms in total. The number of nitrogens with zero attached hydrogens (tertiary/aromatic N) is 1. The van der Waals surface area contributed by atoms with Gasteiger partial charge in [0, 0.05) is 35.9 Å². The van der Waals surface area contributed by atoms with Crippen LogP contribution in [0.1, 0.15) is 21.7 Å². The fourth-order valence-corrected chi connectivity index (χ4v) is 2.80. The Balaban J connectivity index is 1.74. The lowest BCUT2D eigenvalue weighted by Gasteiger charge is -2.08. The van der Waals surface area contributed by atoms with Crippen LogP contribution in [-0.2, 0) is 11.3 Å². The Morgan fingerprint density at radius 2 is 1.86 bits per heavy atom. The lowest BCUT2D eigenvalue weighted by atomic mass is 10.1. The van der Waals surface area contributed by atoms with Crippen molar-refractivity contribution < 1.29 is 23.6 Å². The minimum atomic E-state index is -0.455. The van der Waals surface area contributed by atoms with E-state index in [0.717, 1.165) is 5.56 Å². The number of allylic oxidation sites excluding steroid dienone is 1. The third-order valence-electron chi connectivity index (χ3n) is 4.25. The van der Waals surface area contributed by atoms with Crippen LogP contribution in [0.3, 0.4) is 0 Å². The molecule has 0 aliphatic rings. The fourth-order valence-electron chi connectivity index (χ4n) is 2.80. The second kappa shape index (κ2) is 8.99. The summed E-state index contributed by atoms with van der Waals surface area (Å²) in [7, 11) is 3.14. The minimum absolute atomic E-state index is 0.0124. The van der Waals surface area contributed by atoms with Crippen LogP contribution in [0.4, 0.5) is 5.69 Å². The number of ketones is 1. The SMILES string of the molecule is COCc1cc(C(=O)/C=C/c2ccc(-c3ccc([N+](=O)[O-])cc3)o2)ccc1OC. The summed E-state index contributed by atoms with van der Waals surface area (Å²) in [6.07, 6.45) is 3.01. The molecule has 0 atom stereocenters. The van der Waals surface area contributed by atoms with E-state index < -0.39 is 4.92 Å². The zero-order valence-electron chi connectivity index (χ0n) is 16.0. The molecule has 3 aromatic rings. The van der Waals surface area contributed by atoms with Crippen LogP contribution in [0.15, 0.2) is 65.1 Å². The van der Waals surface area contributed by atoms with Crippen LogP contribution >= 0.6 is 0 Å². The molecule has 0 aliphatic carbocycles. The van der Waals surface area contributed by atoms with Gasteiger partial charge < -0.3 is 13.9 Å². The van der Waals surface area contributed by atoms with Crippen LogP contribution in [0.25, 0.3) is 17.4 Å². The molecule has 2 aromatic carbocycles. The average molecular weight is 393 g/mol. The number of hydrogen-bond acceptors (Lipinski definition) is 6. The molecular formula is C22H19NO6. The second-order valence-corrected chi connectivity index (χ2v) is 6.16. The van der Waals surface area contributed by atoms with Gasteiger partial charge in [-0.15, -0.1) is 0 Å². The Morgan fingerprint density at radius 1 is 1.10 bits per heavy atom. The molecule has 1 aromatic heterocycles. The van der Waals surface area contributed by atoms with E-state index in [1.54, 1.807) is 62.8 Å². The van der Waals surface area contributed by atoms with E-state index in [2.05, 4.69) is 0 Å². The first-order valence-electron chi connectivity index (χ1n) is 8.74. The van der Waals surface area contributed by atoms with Crippen molar-refractivity contribution in [3.8, 4) is 17.1 Å².